The van der Waals surface area contributed by atoms with Gasteiger partial charge in [-0.05, 0) is 37.8 Å². The van der Waals surface area contributed by atoms with Crippen molar-refractivity contribution in [3.63, 3.8) is 0 Å². The van der Waals surface area contributed by atoms with Crippen molar-refractivity contribution in [1.82, 2.24) is 0 Å². The maximum atomic E-state index is 3.82. The fourth-order valence-electron chi connectivity index (χ4n) is 1.95. The molecule has 1 aliphatic rings. The molecule has 1 rings (SSSR count). The highest BCUT2D eigenvalue weighted by molar-refractivity contribution is 5.33. The predicted octanol–water partition coefficient (Wildman–Crippen LogP) is 6.45. The van der Waals surface area contributed by atoms with Crippen LogP contribution in [0.5, 0.6) is 0 Å². The lowest BCUT2D eigenvalue weighted by atomic mass is 9.82. The molecule has 0 amide bonds. The van der Waals surface area contributed by atoms with Crippen molar-refractivity contribution in [2.45, 2.75) is 72.6 Å². The molecule has 1 aliphatic carbocycles. The van der Waals surface area contributed by atoms with E-state index in [0.29, 0.717) is 0 Å². The molecular formula is C18H32. The van der Waals surface area contributed by atoms with Gasteiger partial charge < -0.3 is 0 Å². The minimum Gasteiger partial charge on any atom is -0.0988 e. The van der Waals surface area contributed by atoms with E-state index in [1.54, 1.807) is 0 Å². The number of hydrogen-bond acceptors (Lipinski definition) is 0. The third-order valence-corrected chi connectivity index (χ3v) is 3.98. The van der Waals surface area contributed by atoms with Crippen molar-refractivity contribution in [2.24, 2.45) is 5.92 Å². The lowest BCUT2D eigenvalue weighted by Gasteiger charge is -2.24. The molecule has 1 fully saturated rings. The van der Waals surface area contributed by atoms with Crippen LogP contribution >= 0.6 is 0 Å². The Labute approximate surface area is 115 Å². The normalized spacial score (nSPS) is 16.0. The number of rotatable bonds is 6. The van der Waals surface area contributed by atoms with Crippen LogP contribution in [0.3, 0.4) is 0 Å². The Balaban J connectivity index is 0.000000321. The average molecular weight is 248 g/mol. The van der Waals surface area contributed by atoms with E-state index in [2.05, 4.69) is 27.0 Å². The smallest absolute Gasteiger partial charge is 0.0393 e. The van der Waals surface area contributed by atoms with Gasteiger partial charge in [0.05, 0.1) is 0 Å². The molecule has 0 aromatic rings. The average Bonchev–Trinajstić information content (AvgIpc) is 2.31. The first-order chi connectivity index (χ1) is 8.52. The molecule has 0 spiro atoms. The summed E-state index contributed by atoms with van der Waals surface area (Å²) in [5, 5.41) is 0. The first-order valence-electron chi connectivity index (χ1n) is 7.48. The van der Waals surface area contributed by atoms with E-state index in [1.807, 2.05) is 19.9 Å². The largest absolute Gasteiger partial charge is 0.0988 e. The second-order valence-electron chi connectivity index (χ2n) is 5.59. The Morgan fingerprint density at radius 3 is 2.06 bits per heavy atom. The molecule has 0 radical (unpaired) electrons. The zero-order chi connectivity index (χ0) is 14.0. The zero-order valence-electron chi connectivity index (χ0n) is 13.0. The van der Waals surface area contributed by atoms with Gasteiger partial charge in [-0.2, -0.15) is 0 Å². The molecule has 0 atom stereocenters. The van der Waals surface area contributed by atoms with Crippen LogP contribution in [-0.4, -0.2) is 0 Å². The van der Waals surface area contributed by atoms with Crippen molar-refractivity contribution >= 4 is 0 Å². The highest BCUT2D eigenvalue weighted by Crippen LogP contribution is 2.30. The Hall–Kier alpha value is -0.780. The fraction of sp³-hybridized carbons (Fsp3) is 0.667. The third-order valence-electron chi connectivity index (χ3n) is 3.98. The van der Waals surface area contributed by atoms with Crippen molar-refractivity contribution in [3.05, 3.63) is 36.0 Å². The predicted molar refractivity (Wildman–Crippen MR) is 84.9 cm³/mol. The molecule has 1 saturated carbocycles. The second-order valence-corrected chi connectivity index (χ2v) is 5.59. The van der Waals surface area contributed by atoms with Gasteiger partial charge in [-0.1, -0.05) is 76.7 Å². The third kappa shape index (κ3) is 7.53. The van der Waals surface area contributed by atoms with Crippen LogP contribution in [0.2, 0.25) is 0 Å². The van der Waals surface area contributed by atoms with Crippen LogP contribution in [0.1, 0.15) is 72.6 Å². The molecular weight excluding hydrogens is 216 g/mol. The Morgan fingerprint density at radius 1 is 1.17 bits per heavy atom. The lowest BCUT2D eigenvalue weighted by Crippen LogP contribution is -2.10. The van der Waals surface area contributed by atoms with Crippen LogP contribution in [-0.2, 0) is 0 Å². The van der Waals surface area contributed by atoms with Gasteiger partial charge in [-0.15, -0.1) is 0 Å². The van der Waals surface area contributed by atoms with Gasteiger partial charge in [0, 0.05) is 0 Å². The van der Waals surface area contributed by atoms with E-state index in [0.717, 1.165) is 11.5 Å². The first kappa shape index (κ1) is 17.2. The van der Waals surface area contributed by atoms with Crippen LogP contribution in [0.25, 0.3) is 0 Å². The summed E-state index contributed by atoms with van der Waals surface area (Å²) >= 11 is 0. The van der Waals surface area contributed by atoms with Crippen molar-refractivity contribution in [1.29, 1.82) is 0 Å². The van der Waals surface area contributed by atoms with Gasteiger partial charge in [-0.25, -0.2) is 0 Å². The van der Waals surface area contributed by atoms with Gasteiger partial charge >= 0.3 is 0 Å². The molecule has 0 nitrogen and oxygen atoms in total. The summed E-state index contributed by atoms with van der Waals surface area (Å²) < 4.78 is 0. The summed E-state index contributed by atoms with van der Waals surface area (Å²) in [5.74, 6) is 1.14. The molecule has 104 valence electrons. The van der Waals surface area contributed by atoms with Gasteiger partial charge in [-0.3, -0.25) is 0 Å². The maximum absolute atomic E-state index is 3.82. The topological polar surface area (TPSA) is 0 Å². The standard InChI is InChI=1S/C9H18.C9H14/c1-2-3-4-6-9-7-5-8-9;1-6-8(4)9(5)7(2)3/h9H,2-8H2,1H3;6H,1-2H2,3-5H3/b;9-8-. The summed E-state index contributed by atoms with van der Waals surface area (Å²) in [6, 6.07) is 0. The lowest BCUT2D eigenvalue weighted by molar-refractivity contribution is 0.287. The van der Waals surface area contributed by atoms with E-state index >= 15 is 0 Å². The highest BCUT2D eigenvalue weighted by Gasteiger charge is 2.15. The van der Waals surface area contributed by atoms with E-state index in [1.165, 1.54) is 56.1 Å². The van der Waals surface area contributed by atoms with Crippen molar-refractivity contribution < 1.29 is 0 Å². The van der Waals surface area contributed by atoms with Gasteiger partial charge in [0.2, 0.25) is 0 Å². The summed E-state index contributed by atoms with van der Waals surface area (Å²) in [6.07, 6.45) is 12.3. The van der Waals surface area contributed by atoms with E-state index in [-0.39, 0.29) is 0 Å². The molecule has 0 unspecified atom stereocenters. The van der Waals surface area contributed by atoms with Crippen LogP contribution in [0.15, 0.2) is 36.0 Å². The van der Waals surface area contributed by atoms with Crippen molar-refractivity contribution in [3.8, 4) is 0 Å². The molecule has 0 aliphatic heterocycles. The number of allylic oxidation sites excluding steroid dienone is 4. The van der Waals surface area contributed by atoms with Gasteiger partial charge in [0.15, 0.2) is 0 Å². The van der Waals surface area contributed by atoms with E-state index in [4.69, 9.17) is 0 Å². The SMILES string of the molecule is C=C/C(C)=C(/C)C(=C)C.CCCCCC1CCC1. The van der Waals surface area contributed by atoms with Gasteiger partial charge in [0.1, 0.15) is 0 Å². The Kier molecular flexibility index (Phi) is 9.73. The summed E-state index contributed by atoms with van der Waals surface area (Å²) in [4.78, 5) is 0. The summed E-state index contributed by atoms with van der Waals surface area (Å²) in [7, 11) is 0. The molecule has 0 aromatic heterocycles. The minimum atomic E-state index is 1.12. The molecule has 0 saturated heterocycles. The van der Waals surface area contributed by atoms with Gasteiger partial charge in [0.25, 0.3) is 0 Å². The minimum absolute atomic E-state index is 1.12. The number of unbranched alkanes of at least 4 members (excludes halogenated alkanes) is 2. The second kappa shape index (κ2) is 10.2. The molecule has 0 heterocycles. The molecule has 0 N–H and O–H groups in total. The van der Waals surface area contributed by atoms with Crippen LogP contribution in [0, 0.1) is 5.92 Å². The van der Waals surface area contributed by atoms with Crippen LogP contribution < -0.4 is 0 Å². The summed E-state index contributed by atoms with van der Waals surface area (Å²) in [6.45, 7) is 15.9. The first-order valence-corrected chi connectivity index (χ1v) is 7.48. The summed E-state index contributed by atoms with van der Waals surface area (Å²) in [5.41, 5.74) is 3.57. The maximum Gasteiger partial charge on any atom is -0.0393 e. The van der Waals surface area contributed by atoms with Crippen molar-refractivity contribution in [2.75, 3.05) is 0 Å². The molecule has 0 heteroatoms. The molecule has 0 bridgehead atoms. The zero-order valence-corrected chi connectivity index (χ0v) is 13.0. The van der Waals surface area contributed by atoms with Crippen LogP contribution in [0.4, 0.5) is 0 Å². The molecule has 18 heavy (non-hydrogen) atoms. The number of hydrogen-bond donors (Lipinski definition) is 0. The fourth-order valence-corrected chi connectivity index (χ4v) is 1.95. The Morgan fingerprint density at radius 2 is 1.78 bits per heavy atom. The monoisotopic (exact) mass is 248 g/mol. The molecule has 0 aromatic carbocycles. The quantitative estimate of drug-likeness (QED) is 0.374. The highest BCUT2D eigenvalue weighted by atomic mass is 14.2. The van der Waals surface area contributed by atoms with E-state index < -0.39 is 0 Å². The van der Waals surface area contributed by atoms with E-state index in [9.17, 15) is 0 Å². The Bertz CT molecular complexity index is 276.